The van der Waals surface area contributed by atoms with Gasteiger partial charge in [0.2, 0.25) is 11.8 Å². The molecule has 106 valence electrons. The van der Waals surface area contributed by atoms with Gasteiger partial charge in [-0.2, -0.15) is 0 Å². The quantitative estimate of drug-likeness (QED) is 0.697. The number of hydrogen-bond donors (Lipinski definition) is 3. The number of carbonyl (C=O) groups is 2. The van der Waals surface area contributed by atoms with Crippen LogP contribution in [0.1, 0.15) is 12.5 Å². The van der Waals surface area contributed by atoms with Crippen molar-refractivity contribution in [2.45, 2.75) is 19.4 Å². The van der Waals surface area contributed by atoms with Gasteiger partial charge in [-0.25, -0.2) is 0 Å². The van der Waals surface area contributed by atoms with E-state index in [0.29, 0.717) is 6.42 Å². The Balaban J connectivity index is 0.00000324. The Morgan fingerprint density at radius 3 is 2.32 bits per heavy atom. The number of primary amides is 1. The van der Waals surface area contributed by atoms with E-state index < -0.39 is 11.9 Å². The molecule has 0 heterocycles. The molecule has 2 unspecified atom stereocenters. The molecule has 0 fully saturated rings. The summed E-state index contributed by atoms with van der Waals surface area (Å²) in [6.07, 6.45) is 0.388. The number of nitrogens with one attached hydrogen (secondary N) is 1. The smallest absolute Gasteiger partial charge is 0.240 e. The van der Waals surface area contributed by atoms with Crippen LogP contribution in [0.15, 0.2) is 30.3 Å². The monoisotopic (exact) mass is 285 g/mol. The summed E-state index contributed by atoms with van der Waals surface area (Å²) >= 11 is 0. The molecule has 0 saturated heterocycles. The Kier molecular flexibility index (Phi) is 7.79. The fraction of sp³-hybridized carbons (Fsp3) is 0.385. The van der Waals surface area contributed by atoms with Crippen LogP contribution in [0.2, 0.25) is 0 Å². The maximum absolute atomic E-state index is 11.7. The van der Waals surface area contributed by atoms with Crippen molar-refractivity contribution in [1.29, 1.82) is 0 Å². The molecule has 0 radical (unpaired) electrons. The molecule has 0 aliphatic heterocycles. The van der Waals surface area contributed by atoms with Crippen LogP contribution in [-0.2, 0) is 16.0 Å². The molecular weight excluding hydrogens is 266 g/mol. The Morgan fingerprint density at radius 1 is 1.26 bits per heavy atom. The summed E-state index contributed by atoms with van der Waals surface area (Å²) in [6.45, 7) is 1.94. The zero-order chi connectivity index (χ0) is 13.5. The molecule has 0 saturated carbocycles. The van der Waals surface area contributed by atoms with E-state index in [9.17, 15) is 9.59 Å². The number of hydrogen-bond acceptors (Lipinski definition) is 3. The Hall–Kier alpha value is -1.59. The zero-order valence-electron chi connectivity index (χ0n) is 10.8. The molecule has 6 heteroatoms. The molecule has 0 spiro atoms. The molecule has 0 aromatic heterocycles. The third-order valence-corrected chi connectivity index (χ3v) is 2.74. The molecule has 0 aliphatic rings. The van der Waals surface area contributed by atoms with Gasteiger partial charge in [-0.15, -0.1) is 12.4 Å². The van der Waals surface area contributed by atoms with Crippen LogP contribution < -0.4 is 16.8 Å². The minimum atomic E-state index is -0.700. The average Bonchev–Trinajstić information content (AvgIpc) is 2.37. The van der Waals surface area contributed by atoms with Gasteiger partial charge in [0.15, 0.2) is 0 Å². The number of nitrogens with two attached hydrogens (primary N) is 2. The predicted octanol–water partition coefficient (Wildman–Crippen LogP) is 0.216. The van der Waals surface area contributed by atoms with E-state index >= 15 is 0 Å². The lowest BCUT2D eigenvalue weighted by molar-refractivity contribution is -0.129. The molecule has 5 nitrogen and oxygen atoms in total. The first-order valence-electron chi connectivity index (χ1n) is 5.88. The number of halogens is 1. The van der Waals surface area contributed by atoms with Crippen LogP contribution >= 0.6 is 12.4 Å². The van der Waals surface area contributed by atoms with E-state index in [1.807, 2.05) is 30.3 Å². The fourth-order valence-corrected chi connectivity index (χ4v) is 1.49. The van der Waals surface area contributed by atoms with E-state index in [1.165, 1.54) is 0 Å². The van der Waals surface area contributed by atoms with E-state index in [1.54, 1.807) is 6.92 Å². The minimum Gasteiger partial charge on any atom is -0.368 e. The highest BCUT2D eigenvalue weighted by Crippen LogP contribution is 2.04. The Morgan fingerprint density at radius 2 is 1.84 bits per heavy atom. The van der Waals surface area contributed by atoms with Crippen LogP contribution in [0, 0.1) is 5.92 Å². The van der Waals surface area contributed by atoms with Crippen molar-refractivity contribution in [2.75, 3.05) is 6.54 Å². The first kappa shape index (κ1) is 17.4. The summed E-state index contributed by atoms with van der Waals surface area (Å²) in [4.78, 5) is 23.0. The van der Waals surface area contributed by atoms with Gasteiger partial charge in [0, 0.05) is 18.9 Å². The predicted molar refractivity (Wildman–Crippen MR) is 76.7 cm³/mol. The molecule has 2 amide bonds. The molecule has 0 bridgehead atoms. The van der Waals surface area contributed by atoms with Crippen LogP contribution in [-0.4, -0.2) is 24.4 Å². The molecule has 1 aromatic carbocycles. The van der Waals surface area contributed by atoms with Crippen molar-refractivity contribution >= 4 is 24.2 Å². The zero-order valence-corrected chi connectivity index (χ0v) is 11.7. The second-order valence-electron chi connectivity index (χ2n) is 4.29. The average molecular weight is 286 g/mol. The van der Waals surface area contributed by atoms with Gasteiger partial charge < -0.3 is 16.8 Å². The second-order valence-corrected chi connectivity index (χ2v) is 4.29. The lowest BCUT2D eigenvalue weighted by Gasteiger charge is -2.17. The summed E-state index contributed by atoms with van der Waals surface area (Å²) in [7, 11) is 0. The summed E-state index contributed by atoms with van der Waals surface area (Å²) in [5, 5.41) is 2.62. The summed E-state index contributed by atoms with van der Waals surface area (Å²) in [6, 6.07) is 8.70. The fourth-order valence-electron chi connectivity index (χ4n) is 1.49. The topological polar surface area (TPSA) is 98.2 Å². The highest BCUT2D eigenvalue weighted by atomic mass is 35.5. The highest BCUT2D eigenvalue weighted by molar-refractivity contribution is 5.87. The first-order valence-corrected chi connectivity index (χ1v) is 5.88. The van der Waals surface area contributed by atoms with E-state index in [-0.39, 0.29) is 30.8 Å². The van der Waals surface area contributed by atoms with Crippen molar-refractivity contribution in [3.63, 3.8) is 0 Å². The lowest BCUT2D eigenvalue weighted by Crippen LogP contribution is -2.48. The van der Waals surface area contributed by atoms with Gasteiger partial charge in [0.25, 0.3) is 0 Å². The maximum Gasteiger partial charge on any atom is 0.240 e. The number of amides is 2. The standard InChI is InChI=1S/C13H19N3O2.ClH/c1-9(8-14)13(18)16-11(12(15)17)7-10-5-3-2-4-6-10;/h2-6,9,11H,7-8,14H2,1H3,(H2,15,17)(H,16,18);1H. The lowest BCUT2D eigenvalue weighted by atomic mass is 10.0. The van der Waals surface area contributed by atoms with Gasteiger partial charge in [0.05, 0.1) is 0 Å². The molecular formula is C13H20ClN3O2. The Bertz CT molecular complexity index is 412. The van der Waals surface area contributed by atoms with Crippen LogP contribution in [0.25, 0.3) is 0 Å². The minimum absolute atomic E-state index is 0. The molecule has 1 rings (SSSR count). The van der Waals surface area contributed by atoms with Crippen LogP contribution in [0.3, 0.4) is 0 Å². The molecule has 19 heavy (non-hydrogen) atoms. The van der Waals surface area contributed by atoms with Crippen molar-refractivity contribution in [2.24, 2.45) is 17.4 Å². The summed E-state index contributed by atoms with van der Waals surface area (Å²) in [5.74, 6) is -1.13. The maximum atomic E-state index is 11.7. The number of rotatable bonds is 6. The number of benzene rings is 1. The molecule has 0 aliphatic carbocycles. The van der Waals surface area contributed by atoms with Gasteiger partial charge in [0.1, 0.15) is 6.04 Å². The first-order chi connectivity index (χ1) is 8.54. The van der Waals surface area contributed by atoms with Crippen molar-refractivity contribution < 1.29 is 9.59 Å². The van der Waals surface area contributed by atoms with Gasteiger partial charge in [-0.1, -0.05) is 37.3 Å². The second kappa shape index (κ2) is 8.50. The third kappa shape index (κ3) is 5.72. The SMILES string of the molecule is CC(CN)C(=O)NC(Cc1ccccc1)C(N)=O.Cl. The Labute approximate surface area is 119 Å². The van der Waals surface area contributed by atoms with E-state index in [2.05, 4.69) is 5.32 Å². The van der Waals surface area contributed by atoms with Gasteiger partial charge >= 0.3 is 0 Å². The van der Waals surface area contributed by atoms with Crippen LogP contribution in [0.4, 0.5) is 0 Å². The molecule has 1 aromatic rings. The van der Waals surface area contributed by atoms with Gasteiger partial charge in [-0.05, 0) is 5.56 Å². The largest absolute Gasteiger partial charge is 0.368 e. The molecule has 5 N–H and O–H groups in total. The number of carbonyl (C=O) groups excluding carboxylic acids is 2. The van der Waals surface area contributed by atoms with E-state index in [0.717, 1.165) is 5.56 Å². The summed E-state index contributed by atoms with van der Waals surface area (Å²) in [5.41, 5.74) is 11.6. The normalized spacial score (nSPS) is 12.9. The van der Waals surface area contributed by atoms with E-state index in [4.69, 9.17) is 11.5 Å². The summed E-state index contributed by atoms with van der Waals surface area (Å²) < 4.78 is 0. The van der Waals surface area contributed by atoms with Crippen molar-refractivity contribution in [1.82, 2.24) is 5.32 Å². The van der Waals surface area contributed by atoms with Crippen molar-refractivity contribution in [3.05, 3.63) is 35.9 Å². The highest BCUT2D eigenvalue weighted by Gasteiger charge is 2.21. The van der Waals surface area contributed by atoms with Crippen LogP contribution in [0.5, 0.6) is 0 Å². The van der Waals surface area contributed by atoms with Gasteiger partial charge in [-0.3, -0.25) is 9.59 Å². The molecule has 2 atom stereocenters. The van der Waals surface area contributed by atoms with Crippen molar-refractivity contribution in [3.8, 4) is 0 Å². The third-order valence-electron chi connectivity index (χ3n) is 2.74.